The van der Waals surface area contributed by atoms with Crippen LogP contribution in [0.3, 0.4) is 0 Å². The summed E-state index contributed by atoms with van der Waals surface area (Å²) in [5.74, 6) is -1.79. The number of pyridine rings is 1. The van der Waals surface area contributed by atoms with Crippen molar-refractivity contribution in [2.75, 3.05) is 12.8 Å². The van der Waals surface area contributed by atoms with E-state index in [9.17, 15) is 20.0 Å². The summed E-state index contributed by atoms with van der Waals surface area (Å²) in [5, 5.41) is 19.5. The molecule has 2 aromatic heterocycles. The van der Waals surface area contributed by atoms with Gasteiger partial charge in [0.1, 0.15) is 6.07 Å². The van der Waals surface area contributed by atoms with E-state index in [1.54, 1.807) is 6.07 Å². The topological polar surface area (TPSA) is 131 Å². The van der Waals surface area contributed by atoms with Crippen molar-refractivity contribution < 1.29 is 19.4 Å². The maximum atomic E-state index is 12.1. The van der Waals surface area contributed by atoms with Gasteiger partial charge >= 0.3 is 11.9 Å². The second kappa shape index (κ2) is 5.98. The Balaban J connectivity index is 2.39. The van der Waals surface area contributed by atoms with Gasteiger partial charge in [0.05, 0.1) is 29.6 Å². The van der Waals surface area contributed by atoms with Crippen molar-refractivity contribution in [2.24, 2.45) is 0 Å². The number of esters is 1. The van der Waals surface area contributed by atoms with Crippen molar-refractivity contribution in [3.8, 4) is 11.8 Å². The number of carbonyl (C=O) groups is 2. The summed E-state index contributed by atoms with van der Waals surface area (Å²) in [4.78, 5) is 27.6. The number of aromatic nitrogens is 2. The van der Waals surface area contributed by atoms with Gasteiger partial charge < -0.3 is 20.1 Å². The summed E-state index contributed by atoms with van der Waals surface area (Å²) in [6.07, 6.45) is 4.37. The van der Waals surface area contributed by atoms with Crippen molar-refractivity contribution in [3.05, 3.63) is 53.6 Å². The number of methoxy groups -OCH3 is 1. The third kappa shape index (κ3) is 2.44. The number of benzene rings is 1. The zero-order chi connectivity index (χ0) is 18.1. The fraction of sp³-hybridized carbons (Fsp3) is 0.0588. The normalized spacial score (nSPS) is 10.4. The first kappa shape index (κ1) is 16.0. The van der Waals surface area contributed by atoms with E-state index in [0.717, 1.165) is 0 Å². The van der Waals surface area contributed by atoms with Crippen LogP contribution in [0.4, 0.5) is 5.69 Å². The lowest BCUT2D eigenvalue weighted by molar-refractivity contribution is 0.0592. The Labute approximate surface area is 141 Å². The molecule has 0 radical (unpaired) electrons. The van der Waals surface area contributed by atoms with Crippen molar-refractivity contribution in [1.82, 2.24) is 9.55 Å². The monoisotopic (exact) mass is 336 g/mol. The van der Waals surface area contributed by atoms with Crippen LogP contribution in [0.2, 0.25) is 0 Å². The molecule has 0 aliphatic heterocycles. The highest BCUT2D eigenvalue weighted by atomic mass is 16.5. The number of anilines is 1. The minimum atomic E-state index is -1.08. The predicted octanol–water partition coefficient (Wildman–Crippen LogP) is 1.96. The first-order valence-electron chi connectivity index (χ1n) is 7.09. The summed E-state index contributed by atoms with van der Waals surface area (Å²) < 4.78 is 6.16. The quantitative estimate of drug-likeness (QED) is 0.699. The van der Waals surface area contributed by atoms with Crippen LogP contribution in [0.15, 0.2) is 36.8 Å². The highest BCUT2D eigenvalue weighted by Crippen LogP contribution is 2.30. The van der Waals surface area contributed by atoms with Crippen molar-refractivity contribution in [3.63, 3.8) is 0 Å². The maximum Gasteiger partial charge on any atom is 0.357 e. The van der Waals surface area contributed by atoms with E-state index in [2.05, 4.69) is 4.98 Å². The second-order valence-electron chi connectivity index (χ2n) is 5.14. The van der Waals surface area contributed by atoms with Crippen LogP contribution in [-0.2, 0) is 4.74 Å². The first-order chi connectivity index (χ1) is 12.0. The van der Waals surface area contributed by atoms with E-state index >= 15 is 0 Å². The molecule has 3 rings (SSSR count). The number of carboxylic acids is 1. The number of nitriles is 1. The van der Waals surface area contributed by atoms with Gasteiger partial charge in [-0.05, 0) is 18.2 Å². The van der Waals surface area contributed by atoms with E-state index in [4.69, 9.17) is 10.5 Å². The van der Waals surface area contributed by atoms with Gasteiger partial charge in [-0.2, -0.15) is 5.26 Å². The summed E-state index contributed by atoms with van der Waals surface area (Å²) in [5.41, 5.74) is 6.55. The third-order valence-corrected chi connectivity index (χ3v) is 3.83. The third-order valence-electron chi connectivity index (χ3n) is 3.83. The molecule has 0 aliphatic carbocycles. The molecule has 8 heteroatoms. The van der Waals surface area contributed by atoms with E-state index in [1.165, 1.54) is 42.4 Å². The van der Waals surface area contributed by atoms with Crippen LogP contribution in [-0.4, -0.2) is 33.7 Å². The van der Waals surface area contributed by atoms with E-state index in [0.29, 0.717) is 16.5 Å². The average Bonchev–Trinajstić information content (AvgIpc) is 2.96. The Morgan fingerprint density at radius 2 is 2.08 bits per heavy atom. The SMILES string of the molecule is COC(=O)c1c(N)c(C#N)cn1-c1ccc(C(=O)O)c2ccncc12. The van der Waals surface area contributed by atoms with Gasteiger partial charge in [-0.3, -0.25) is 4.98 Å². The largest absolute Gasteiger partial charge is 0.478 e. The zero-order valence-corrected chi connectivity index (χ0v) is 13.1. The molecular formula is C17H12N4O4. The van der Waals surface area contributed by atoms with Crippen LogP contribution >= 0.6 is 0 Å². The molecule has 8 nitrogen and oxygen atoms in total. The lowest BCUT2D eigenvalue weighted by Crippen LogP contribution is -2.11. The smallest absolute Gasteiger partial charge is 0.357 e. The molecular weight excluding hydrogens is 324 g/mol. The zero-order valence-electron chi connectivity index (χ0n) is 13.1. The Morgan fingerprint density at radius 1 is 1.32 bits per heavy atom. The molecule has 0 unspecified atom stereocenters. The lowest BCUT2D eigenvalue weighted by atomic mass is 10.0. The molecule has 25 heavy (non-hydrogen) atoms. The fourth-order valence-corrected chi connectivity index (χ4v) is 2.68. The number of aromatic carboxylic acids is 1. The molecule has 0 saturated heterocycles. The van der Waals surface area contributed by atoms with Crippen molar-refractivity contribution in [1.29, 1.82) is 5.26 Å². The van der Waals surface area contributed by atoms with Gasteiger partial charge in [-0.15, -0.1) is 0 Å². The average molecular weight is 336 g/mol. The molecule has 3 N–H and O–H groups in total. The van der Waals surface area contributed by atoms with Crippen LogP contribution in [0.1, 0.15) is 26.4 Å². The Bertz CT molecular complexity index is 1060. The first-order valence-corrected chi connectivity index (χ1v) is 7.09. The fourth-order valence-electron chi connectivity index (χ4n) is 2.68. The number of nitrogen functional groups attached to an aromatic ring is 1. The second-order valence-corrected chi connectivity index (χ2v) is 5.14. The number of ether oxygens (including phenoxy) is 1. The molecule has 0 spiro atoms. The van der Waals surface area contributed by atoms with E-state index < -0.39 is 11.9 Å². The number of carbonyl (C=O) groups excluding carboxylic acids is 1. The van der Waals surface area contributed by atoms with Gasteiger partial charge in [-0.1, -0.05) is 0 Å². The van der Waals surface area contributed by atoms with Gasteiger partial charge in [0.15, 0.2) is 5.69 Å². The molecule has 0 amide bonds. The number of rotatable bonds is 3. The molecule has 1 aromatic carbocycles. The minimum Gasteiger partial charge on any atom is -0.478 e. The Kier molecular flexibility index (Phi) is 3.83. The molecule has 0 atom stereocenters. The van der Waals surface area contributed by atoms with Crippen LogP contribution < -0.4 is 5.73 Å². The molecule has 2 heterocycles. The van der Waals surface area contributed by atoms with Crippen molar-refractivity contribution in [2.45, 2.75) is 0 Å². The summed E-state index contributed by atoms with van der Waals surface area (Å²) >= 11 is 0. The van der Waals surface area contributed by atoms with E-state index in [-0.39, 0.29) is 22.5 Å². The summed E-state index contributed by atoms with van der Waals surface area (Å²) in [6.45, 7) is 0. The van der Waals surface area contributed by atoms with Crippen molar-refractivity contribution >= 4 is 28.4 Å². The minimum absolute atomic E-state index is 0.00583. The molecule has 0 bridgehead atoms. The van der Waals surface area contributed by atoms with Gasteiger partial charge in [-0.25, -0.2) is 9.59 Å². The van der Waals surface area contributed by atoms with Gasteiger partial charge in [0.2, 0.25) is 0 Å². The highest BCUT2D eigenvalue weighted by molar-refractivity contribution is 6.06. The maximum absolute atomic E-state index is 12.1. The highest BCUT2D eigenvalue weighted by Gasteiger charge is 2.23. The van der Waals surface area contributed by atoms with Gasteiger partial charge in [0.25, 0.3) is 0 Å². The summed E-state index contributed by atoms with van der Waals surface area (Å²) in [7, 11) is 1.21. The standard InChI is InChI=1S/C17H12N4O4/c1-25-17(24)15-14(19)9(6-18)8-21(15)13-3-2-11(16(22)23)10-4-5-20-7-12(10)13/h2-5,7-8H,19H2,1H3,(H,22,23). The molecule has 3 aromatic rings. The Morgan fingerprint density at radius 3 is 2.72 bits per heavy atom. The van der Waals surface area contributed by atoms with Crippen LogP contribution in [0.5, 0.6) is 0 Å². The van der Waals surface area contributed by atoms with E-state index in [1.807, 2.05) is 6.07 Å². The number of carboxylic acid groups (broad SMARTS) is 1. The number of nitrogens with zero attached hydrogens (tertiary/aromatic N) is 3. The summed E-state index contributed by atoms with van der Waals surface area (Å²) in [6, 6.07) is 6.43. The number of fused-ring (bicyclic) bond motifs is 1. The molecule has 124 valence electrons. The lowest BCUT2D eigenvalue weighted by Gasteiger charge is -2.12. The number of hydrogen-bond donors (Lipinski definition) is 2. The molecule has 0 saturated carbocycles. The van der Waals surface area contributed by atoms with Crippen LogP contribution in [0.25, 0.3) is 16.5 Å². The Hall–Kier alpha value is -3.86. The number of hydrogen-bond acceptors (Lipinski definition) is 6. The number of nitrogens with two attached hydrogens (primary N) is 1. The molecule has 0 fully saturated rings. The van der Waals surface area contributed by atoms with Gasteiger partial charge in [0, 0.05) is 29.4 Å². The predicted molar refractivity (Wildman–Crippen MR) is 88.5 cm³/mol. The van der Waals surface area contributed by atoms with Crippen LogP contribution in [0, 0.1) is 11.3 Å². The molecule has 0 aliphatic rings.